The van der Waals surface area contributed by atoms with E-state index in [9.17, 15) is 4.21 Å². The van der Waals surface area contributed by atoms with Crippen molar-refractivity contribution in [2.24, 2.45) is 5.92 Å². The quantitative estimate of drug-likeness (QED) is 0.868. The van der Waals surface area contributed by atoms with E-state index in [4.69, 9.17) is 11.6 Å². The predicted octanol–water partition coefficient (Wildman–Crippen LogP) is 4.54. The molecule has 0 heterocycles. The van der Waals surface area contributed by atoms with Gasteiger partial charge in [0.1, 0.15) is 0 Å². The van der Waals surface area contributed by atoms with E-state index in [1.165, 1.54) is 24.8 Å². The number of aryl methyl sites for hydroxylation is 1. The van der Waals surface area contributed by atoms with Crippen molar-refractivity contribution in [3.8, 4) is 0 Å². The number of nitrogens with one attached hydrogen (secondary N) is 1. The fraction of sp³-hybridized carbons (Fsp3) is 0.625. The SMILES string of the molecule is Cc1cc(C(NS(=O)C(C)(C)C)C2CCC2)ccc1Cl. The first-order valence-electron chi connectivity index (χ1n) is 7.23. The molecule has 0 aromatic heterocycles. The van der Waals surface area contributed by atoms with E-state index in [-0.39, 0.29) is 10.8 Å². The smallest absolute Gasteiger partial charge is 0.0976 e. The van der Waals surface area contributed by atoms with Crippen molar-refractivity contribution in [1.82, 2.24) is 4.72 Å². The standard InChI is InChI=1S/C16H24ClNOS/c1-11-10-13(8-9-14(11)17)15(12-6-5-7-12)18-20(19)16(2,3)4/h8-10,12,15,18H,5-7H2,1-4H3. The highest BCUT2D eigenvalue weighted by atomic mass is 35.5. The molecule has 0 spiro atoms. The van der Waals surface area contributed by atoms with Crippen molar-refractivity contribution in [3.05, 3.63) is 34.3 Å². The maximum Gasteiger partial charge on any atom is 0.0976 e. The zero-order valence-corrected chi connectivity index (χ0v) is 14.3. The Morgan fingerprint density at radius 3 is 2.45 bits per heavy atom. The summed E-state index contributed by atoms with van der Waals surface area (Å²) < 4.78 is 15.5. The third-order valence-electron chi connectivity index (χ3n) is 3.95. The summed E-state index contributed by atoms with van der Waals surface area (Å²) in [5.74, 6) is 0.585. The number of hydrogen-bond acceptors (Lipinski definition) is 1. The molecule has 1 aromatic rings. The molecule has 0 amide bonds. The third kappa shape index (κ3) is 3.63. The van der Waals surface area contributed by atoms with Crippen LogP contribution in [0.4, 0.5) is 0 Å². The molecule has 2 rings (SSSR count). The van der Waals surface area contributed by atoms with E-state index in [2.05, 4.69) is 16.9 Å². The lowest BCUT2D eigenvalue weighted by Crippen LogP contribution is -2.40. The molecule has 4 heteroatoms. The van der Waals surface area contributed by atoms with Crippen LogP contribution >= 0.6 is 11.6 Å². The van der Waals surface area contributed by atoms with Crippen LogP contribution in [-0.4, -0.2) is 8.96 Å². The monoisotopic (exact) mass is 313 g/mol. The maximum atomic E-state index is 12.4. The summed E-state index contributed by atoms with van der Waals surface area (Å²) in [6.45, 7) is 8.02. The van der Waals surface area contributed by atoms with Gasteiger partial charge in [0.25, 0.3) is 0 Å². The van der Waals surface area contributed by atoms with Gasteiger partial charge >= 0.3 is 0 Å². The summed E-state index contributed by atoms with van der Waals surface area (Å²) >= 11 is 6.11. The van der Waals surface area contributed by atoms with Gasteiger partial charge in [0.15, 0.2) is 0 Å². The van der Waals surface area contributed by atoms with Crippen LogP contribution in [0.25, 0.3) is 0 Å². The highest BCUT2D eigenvalue weighted by Crippen LogP contribution is 2.39. The van der Waals surface area contributed by atoms with Crippen LogP contribution < -0.4 is 4.72 Å². The number of hydrogen-bond donors (Lipinski definition) is 1. The van der Waals surface area contributed by atoms with Gasteiger partial charge < -0.3 is 0 Å². The second-order valence-corrected chi connectivity index (χ2v) is 9.08. The predicted molar refractivity (Wildman–Crippen MR) is 87.3 cm³/mol. The van der Waals surface area contributed by atoms with Crippen LogP contribution in [0.15, 0.2) is 18.2 Å². The molecule has 1 saturated carbocycles. The maximum absolute atomic E-state index is 12.4. The summed E-state index contributed by atoms with van der Waals surface area (Å²) in [6.07, 6.45) is 3.69. The molecular formula is C16H24ClNOS. The third-order valence-corrected chi connectivity index (χ3v) is 5.96. The summed E-state index contributed by atoms with van der Waals surface area (Å²) in [4.78, 5) is 0. The molecule has 2 atom stereocenters. The van der Waals surface area contributed by atoms with Crippen LogP contribution in [0.3, 0.4) is 0 Å². The van der Waals surface area contributed by atoms with E-state index in [0.717, 1.165) is 10.6 Å². The summed E-state index contributed by atoms with van der Waals surface area (Å²) in [5, 5.41) is 0.790. The molecule has 20 heavy (non-hydrogen) atoms. The highest BCUT2D eigenvalue weighted by Gasteiger charge is 2.32. The Labute approximate surface area is 129 Å². The van der Waals surface area contributed by atoms with E-state index < -0.39 is 11.0 Å². The van der Waals surface area contributed by atoms with E-state index in [1.54, 1.807) is 0 Å². The zero-order valence-electron chi connectivity index (χ0n) is 12.7. The van der Waals surface area contributed by atoms with Crippen molar-refractivity contribution >= 4 is 22.6 Å². The first-order valence-corrected chi connectivity index (χ1v) is 8.76. The molecule has 1 fully saturated rings. The van der Waals surface area contributed by atoms with Crippen LogP contribution in [-0.2, 0) is 11.0 Å². The second kappa shape index (κ2) is 6.17. The van der Waals surface area contributed by atoms with Crippen molar-refractivity contribution in [1.29, 1.82) is 0 Å². The summed E-state index contributed by atoms with van der Waals surface area (Å²) in [5.41, 5.74) is 2.28. The van der Waals surface area contributed by atoms with Gasteiger partial charge in [-0.15, -0.1) is 0 Å². The van der Waals surface area contributed by atoms with E-state index in [0.29, 0.717) is 5.92 Å². The lowest BCUT2D eigenvalue weighted by molar-refractivity contribution is 0.252. The fourth-order valence-electron chi connectivity index (χ4n) is 2.36. The number of benzene rings is 1. The lowest BCUT2D eigenvalue weighted by Gasteiger charge is -2.36. The Kier molecular flexibility index (Phi) is 4.93. The van der Waals surface area contributed by atoms with Crippen LogP contribution in [0.5, 0.6) is 0 Å². The normalized spacial score (nSPS) is 19.4. The molecule has 2 unspecified atom stereocenters. The van der Waals surface area contributed by atoms with Crippen molar-refractivity contribution < 1.29 is 4.21 Å². The van der Waals surface area contributed by atoms with Gasteiger partial charge in [-0.3, -0.25) is 0 Å². The van der Waals surface area contributed by atoms with E-state index >= 15 is 0 Å². The molecule has 112 valence electrons. The molecule has 1 aliphatic rings. The molecule has 1 N–H and O–H groups in total. The minimum atomic E-state index is -1.05. The molecule has 1 aliphatic carbocycles. The van der Waals surface area contributed by atoms with Gasteiger partial charge in [-0.2, -0.15) is 0 Å². The average molecular weight is 314 g/mol. The minimum absolute atomic E-state index is 0.166. The topological polar surface area (TPSA) is 29.1 Å². The van der Waals surface area contributed by atoms with Crippen molar-refractivity contribution in [2.75, 3.05) is 0 Å². The first kappa shape index (κ1) is 16.0. The van der Waals surface area contributed by atoms with Gasteiger partial charge in [-0.1, -0.05) is 30.2 Å². The number of rotatable bonds is 4. The summed E-state index contributed by atoms with van der Waals surface area (Å²) in [7, 11) is -1.05. The van der Waals surface area contributed by atoms with Gasteiger partial charge in [-0.25, -0.2) is 8.93 Å². The number of halogens is 1. The molecule has 0 radical (unpaired) electrons. The lowest BCUT2D eigenvalue weighted by atomic mass is 9.77. The minimum Gasteiger partial charge on any atom is -0.242 e. The summed E-state index contributed by atoms with van der Waals surface area (Å²) in [6, 6.07) is 6.29. The fourth-order valence-corrected chi connectivity index (χ4v) is 3.39. The van der Waals surface area contributed by atoms with E-state index in [1.807, 2.05) is 33.8 Å². The molecule has 2 nitrogen and oxygen atoms in total. The Morgan fingerprint density at radius 2 is 2.00 bits per heavy atom. The van der Waals surface area contributed by atoms with Gasteiger partial charge in [-0.05, 0) is 63.6 Å². The van der Waals surface area contributed by atoms with Crippen LogP contribution in [0, 0.1) is 12.8 Å². The van der Waals surface area contributed by atoms with Gasteiger partial charge in [0.05, 0.1) is 15.7 Å². The van der Waals surface area contributed by atoms with Gasteiger partial charge in [0, 0.05) is 11.1 Å². The Bertz CT molecular complexity index is 506. The average Bonchev–Trinajstić information content (AvgIpc) is 2.28. The highest BCUT2D eigenvalue weighted by molar-refractivity contribution is 7.84. The Balaban J connectivity index is 2.23. The largest absolute Gasteiger partial charge is 0.242 e. The van der Waals surface area contributed by atoms with Crippen molar-refractivity contribution in [3.63, 3.8) is 0 Å². The van der Waals surface area contributed by atoms with Crippen molar-refractivity contribution in [2.45, 2.75) is 57.7 Å². The van der Waals surface area contributed by atoms with Crippen LogP contribution in [0.1, 0.15) is 57.2 Å². The van der Waals surface area contributed by atoms with Crippen LogP contribution in [0.2, 0.25) is 5.02 Å². The molecule has 0 bridgehead atoms. The second-order valence-electron chi connectivity index (χ2n) is 6.68. The Hall–Kier alpha value is -0.380. The van der Waals surface area contributed by atoms with Gasteiger partial charge in [0.2, 0.25) is 0 Å². The molecule has 0 aliphatic heterocycles. The molecular weight excluding hydrogens is 290 g/mol. The zero-order chi connectivity index (χ0) is 14.9. The molecule has 0 saturated heterocycles. The Morgan fingerprint density at radius 1 is 1.35 bits per heavy atom. The molecule has 1 aromatic carbocycles. The first-order chi connectivity index (χ1) is 9.29.